The van der Waals surface area contributed by atoms with Crippen LogP contribution in [0.5, 0.6) is 0 Å². The summed E-state index contributed by atoms with van der Waals surface area (Å²) in [5, 5.41) is 7.23. The zero-order valence-electron chi connectivity index (χ0n) is 8.47. The highest BCUT2D eigenvalue weighted by molar-refractivity contribution is 5.85. The van der Waals surface area contributed by atoms with Gasteiger partial charge in [-0.25, -0.2) is 8.78 Å². The van der Waals surface area contributed by atoms with Crippen LogP contribution in [0.1, 0.15) is 24.5 Å². The molecule has 0 aromatic carbocycles. The normalized spacial score (nSPS) is 18.6. The van der Waals surface area contributed by atoms with E-state index in [1.165, 1.54) is 4.57 Å². The third-order valence-corrected chi connectivity index (χ3v) is 2.60. The highest BCUT2D eigenvalue weighted by Crippen LogP contribution is 2.24. The van der Waals surface area contributed by atoms with E-state index in [1.807, 2.05) is 0 Å². The molecular weight excluding hydrogens is 261 g/mol. The lowest BCUT2D eigenvalue weighted by Crippen LogP contribution is -2.27. The number of alkyl halides is 2. The first-order chi connectivity index (χ1) is 6.72. The zero-order valence-corrected chi connectivity index (χ0v) is 10.1. The van der Waals surface area contributed by atoms with Gasteiger partial charge < -0.3 is 10.3 Å². The second kappa shape index (κ2) is 6.32. The highest BCUT2D eigenvalue weighted by Gasteiger charge is 2.25. The lowest BCUT2D eigenvalue weighted by atomic mass is 10.00. The number of rotatable bonds is 2. The Morgan fingerprint density at radius 1 is 1.38 bits per heavy atom. The minimum absolute atomic E-state index is 0. The van der Waals surface area contributed by atoms with E-state index in [2.05, 4.69) is 10.2 Å². The molecule has 0 radical (unpaired) electrons. The average molecular weight is 275 g/mol. The fourth-order valence-corrected chi connectivity index (χ4v) is 1.77. The molecule has 2 N–H and O–H groups in total. The van der Waals surface area contributed by atoms with Crippen LogP contribution in [0.2, 0.25) is 0 Å². The van der Waals surface area contributed by atoms with Crippen molar-refractivity contribution in [3.05, 3.63) is 11.6 Å². The van der Waals surface area contributed by atoms with Crippen LogP contribution in [0, 0.1) is 5.92 Å². The van der Waals surface area contributed by atoms with Crippen molar-refractivity contribution >= 4 is 24.8 Å². The number of hydrogen-bond donors (Lipinski definition) is 1. The van der Waals surface area contributed by atoms with Gasteiger partial charge in [0.2, 0.25) is 0 Å². The molecule has 0 saturated heterocycles. The van der Waals surface area contributed by atoms with Crippen LogP contribution in [-0.2, 0) is 13.0 Å². The number of aryl methyl sites for hydroxylation is 1. The van der Waals surface area contributed by atoms with E-state index in [0.717, 1.165) is 6.42 Å². The van der Waals surface area contributed by atoms with E-state index >= 15 is 0 Å². The van der Waals surface area contributed by atoms with Gasteiger partial charge in [-0.1, -0.05) is 0 Å². The second-order valence-corrected chi connectivity index (χ2v) is 3.53. The smallest absolute Gasteiger partial charge is 0.297 e. The average Bonchev–Trinajstić information content (AvgIpc) is 2.59. The molecule has 1 atom stereocenters. The fourth-order valence-electron chi connectivity index (χ4n) is 1.77. The van der Waals surface area contributed by atoms with Crippen LogP contribution in [0.4, 0.5) is 8.78 Å². The Balaban J connectivity index is 0.00000112. The van der Waals surface area contributed by atoms with Crippen molar-refractivity contribution < 1.29 is 8.78 Å². The molecule has 1 unspecified atom stereocenters. The lowest BCUT2D eigenvalue weighted by Gasteiger charge is -2.22. The van der Waals surface area contributed by atoms with Gasteiger partial charge in [-0.3, -0.25) is 0 Å². The Morgan fingerprint density at radius 3 is 2.62 bits per heavy atom. The molecule has 1 aliphatic rings. The van der Waals surface area contributed by atoms with Gasteiger partial charge in [0.25, 0.3) is 6.43 Å². The van der Waals surface area contributed by atoms with Gasteiger partial charge in [-0.05, 0) is 18.9 Å². The summed E-state index contributed by atoms with van der Waals surface area (Å²) in [5.41, 5.74) is 5.51. The Labute approximate surface area is 104 Å². The van der Waals surface area contributed by atoms with Crippen molar-refractivity contribution in [1.29, 1.82) is 0 Å². The minimum Gasteiger partial charge on any atom is -0.330 e. The van der Waals surface area contributed by atoms with Gasteiger partial charge in [-0.15, -0.1) is 35.0 Å². The quantitative estimate of drug-likeness (QED) is 0.891. The number of halogens is 4. The van der Waals surface area contributed by atoms with Crippen LogP contribution in [-0.4, -0.2) is 21.3 Å². The molecule has 0 saturated carbocycles. The Bertz CT molecular complexity index is 332. The molecule has 16 heavy (non-hydrogen) atoms. The first-order valence-corrected chi connectivity index (χ1v) is 4.62. The van der Waals surface area contributed by atoms with Gasteiger partial charge >= 0.3 is 0 Å². The first-order valence-electron chi connectivity index (χ1n) is 4.62. The lowest BCUT2D eigenvalue weighted by molar-refractivity contribution is 0.131. The molecule has 4 nitrogen and oxygen atoms in total. The van der Waals surface area contributed by atoms with Crippen LogP contribution in [0.15, 0.2) is 0 Å². The summed E-state index contributed by atoms with van der Waals surface area (Å²) in [6, 6.07) is 0. The summed E-state index contributed by atoms with van der Waals surface area (Å²) in [6.07, 6.45) is -0.938. The predicted molar refractivity (Wildman–Crippen MR) is 60.3 cm³/mol. The molecule has 0 spiro atoms. The summed E-state index contributed by atoms with van der Waals surface area (Å²) in [6.45, 7) is 1.05. The molecule has 0 bridgehead atoms. The SMILES string of the molecule is Cl.Cl.NCC1CCc2nnc(C(F)F)n2C1. The van der Waals surface area contributed by atoms with E-state index in [4.69, 9.17) is 5.73 Å². The van der Waals surface area contributed by atoms with Crippen molar-refractivity contribution in [3.63, 3.8) is 0 Å². The molecule has 94 valence electrons. The van der Waals surface area contributed by atoms with Crippen LogP contribution < -0.4 is 5.73 Å². The van der Waals surface area contributed by atoms with Crippen LogP contribution >= 0.6 is 24.8 Å². The summed E-state index contributed by atoms with van der Waals surface area (Å²) in [7, 11) is 0. The monoisotopic (exact) mass is 274 g/mol. The van der Waals surface area contributed by atoms with E-state index in [1.54, 1.807) is 0 Å². The minimum atomic E-state index is -2.55. The topological polar surface area (TPSA) is 56.7 Å². The largest absolute Gasteiger partial charge is 0.330 e. The highest BCUT2D eigenvalue weighted by atomic mass is 35.5. The molecule has 2 rings (SSSR count). The third kappa shape index (κ3) is 2.81. The third-order valence-electron chi connectivity index (χ3n) is 2.60. The van der Waals surface area contributed by atoms with Gasteiger partial charge in [0.15, 0.2) is 5.82 Å². The number of aromatic nitrogens is 3. The molecular formula is C8H14Cl2F2N4. The standard InChI is InChI=1S/C8H12F2N4.2ClH/c9-7(10)8-13-12-6-2-1-5(3-11)4-14(6)8;;/h5,7H,1-4,11H2;2*1H. The molecule has 1 aromatic heterocycles. The van der Waals surface area contributed by atoms with Crippen molar-refractivity contribution in [2.75, 3.05) is 6.54 Å². The molecule has 1 aliphatic heterocycles. The van der Waals surface area contributed by atoms with Gasteiger partial charge in [0.05, 0.1) is 0 Å². The van der Waals surface area contributed by atoms with Crippen molar-refractivity contribution in [2.45, 2.75) is 25.8 Å². The molecule has 2 heterocycles. The molecule has 0 amide bonds. The number of nitrogens with two attached hydrogens (primary N) is 1. The van der Waals surface area contributed by atoms with Gasteiger partial charge in [0.1, 0.15) is 5.82 Å². The summed E-state index contributed by atoms with van der Waals surface area (Å²) in [5.74, 6) is 0.708. The number of fused-ring (bicyclic) bond motifs is 1. The van der Waals surface area contributed by atoms with E-state index in [9.17, 15) is 8.78 Å². The first kappa shape index (κ1) is 15.5. The van der Waals surface area contributed by atoms with Crippen molar-refractivity contribution in [3.8, 4) is 0 Å². The Kier molecular flexibility index (Phi) is 6.14. The maximum atomic E-state index is 12.5. The Morgan fingerprint density at radius 2 is 2.06 bits per heavy atom. The predicted octanol–water partition coefficient (Wildman–Crippen LogP) is 1.58. The van der Waals surface area contributed by atoms with Gasteiger partial charge in [-0.2, -0.15) is 0 Å². The number of hydrogen-bond acceptors (Lipinski definition) is 3. The summed E-state index contributed by atoms with van der Waals surface area (Å²) in [4.78, 5) is 0. The maximum Gasteiger partial charge on any atom is 0.297 e. The Hall–Kier alpha value is -0.460. The zero-order chi connectivity index (χ0) is 10.1. The fraction of sp³-hybridized carbons (Fsp3) is 0.750. The van der Waals surface area contributed by atoms with E-state index in [0.29, 0.717) is 25.3 Å². The maximum absolute atomic E-state index is 12.5. The summed E-state index contributed by atoms with van der Waals surface area (Å²) < 4.78 is 26.4. The van der Waals surface area contributed by atoms with Crippen molar-refractivity contribution in [2.24, 2.45) is 11.7 Å². The molecule has 1 aromatic rings. The van der Waals surface area contributed by atoms with E-state index < -0.39 is 6.43 Å². The summed E-state index contributed by atoms with van der Waals surface area (Å²) >= 11 is 0. The van der Waals surface area contributed by atoms with Crippen LogP contribution in [0.3, 0.4) is 0 Å². The van der Waals surface area contributed by atoms with Gasteiger partial charge in [0, 0.05) is 13.0 Å². The molecule has 0 aliphatic carbocycles. The molecule has 0 fully saturated rings. The molecule has 8 heteroatoms. The van der Waals surface area contributed by atoms with E-state index in [-0.39, 0.29) is 36.6 Å². The van der Waals surface area contributed by atoms with Crippen molar-refractivity contribution in [1.82, 2.24) is 14.8 Å². The second-order valence-electron chi connectivity index (χ2n) is 3.53. The van der Waals surface area contributed by atoms with Crippen LogP contribution in [0.25, 0.3) is 0 Å². The number of nitrogens with zero attached hydrogens (tertiary/aromatic N) is 3.